The molecule has 0 aliphatic carbocycles. The second-order valence-electron chi connectivity index (χ2n) is 3.85. The fraction of sp³-hybridized carbons (Fsp3) is 0.727. The van der Waals surface area contributed by atoms with Gasteiger partial charge in [-0.2, -0.15) is 5.10 Å². The van der Waals surface area contributed by atoms with Crippen molar-refractivity contribution < 1.29 is 9.84 Å². The van der Waals surface area contributed by atoms with Crippen LogP contribution in [-0.4, -0.2) is 28.1 Å². The number of aliphatic hydroxyl groups is 1. The molecule has 0 aliphatic heterocycles. The van der Waals surface area contributed by atoms with E-state index in [4.69, 9.17) is 4.74 Å². The first-order chi connectivity index (χ1) is 7.11. The van der Waals surface area contributed by atoms with Gasteiger partial charge in [0.15, 0.2) is 5.75 Å². The van der Waals surface area contributed by atoms with Crippen molar-refractivity contribution in [2.45, 2.75) is 45.8 Å². The zero-order chi connectivity index (χ0) is 11.4. The highest BCUT2D eigenvalue weighted by Gasteiger charge is 2.21. The van der Waals surface area contributed by atoms with Gasteiger partial charge in [0.1, 0.15) is 0 Å². The molecule has 0 spiro atoms. The lowest BCUT2D eigenvalue weighted by atomic mass is 10.0. The maximum Gasteiger partial charge on any atom is 0.160 e. The van der Waals surface area contributed by atoms with Crippen molar-refractivity contribution in [1.29, 1.82) is 0 Å². The number of aliphatic hydroxyl groups excluding tert-OH is 1. The summed E-state index contributed by atoms with van der Waals surface area (Å²) in [5, 5.41) is 13.9. The molecule has 15 heavy (non-hydrogen) atoms. The van der Waals surface area contributed by atoms with Crippen molar-refractivity contribution in [2.75, 3.05) is 7.11 Å². The molecule has 0 radical (unpaired) electrons. The predicted molar refractivity (Wildman–Crippen MR) is 59.2 cm³/mol. The molecule has 0 saturated carbocycles. The monoisotopic (exact) mass is 212 g/mol. The molecule has 0 amide bonds. The third-order valence-corrected chi connectivity index (χ3v) is 2.66. The average molecular weight is 212 g/mol. The predicted octanol–water partition coefficient (Wildman–Crippen LogP) is 1.79. The van der Waals surface area contributed by atoms with Crippen LogP contribution in [0.4, 0.5) is 0 Å². The topological polar surface area (TPSA) is 47.3 Å². The summed E-state index contributed by atoms with van der Waals surface area (Å²) in [4.78, 5) is 0. The Balaban J connectivity index is 3.04. The summed E-state index contributed by atoms with van der Waals surface area (Å²) in [5.74, 6) is 0.797. The Bertz CT molecular complexity index is 308. The summed E-state index contributed by atoms with van der Waals surface area (Å²) in [5.41, 5.74) is 0.981. The largest absolute Gasteiger partial charge is 0.493 e. The number of aromatic nitrogens is 2. The van der Waals surface area contributed by atoms with Crippen LogP contribution in [0, 0.1) is 0 Å². The molecule has 0 aromatic carbocycles. The first kappa shape index (κ1) is 12.0. The molecule has 0 fully saturated rings. The zero-order valence-electron chi connectivity index (χ0n) is 9.90. The Morgan fingerprint density at radius 1 is 1.53 bits per heavy atom. The van der Waals surface area contributed by atoms with E-state index in [9.17, 15) is 5.11 Å². The van der Waals surface area contributed by atoms with Gasteiger partial charge >= 0.3 is 0 Å². The maximum atomic E-state index is 9.61. The van der Waals surface area contributed by atoms with Gasteiger partial charge in [-0.15, -0.1) is 0 Å². The van der Waals surface area contributed by atoms with Crippen LogP contribution in [0.25, 0.3) is 0 Å². The Morgan fingerprint density at radius 2 is 2.20 bits per heavy atom. The van der Waals surface area contributed by atoms with Gasteiger partial charge in [-0.3, -0.25) is 4.68 Å². The van der Waals surface area contributed by atoms with Gasteiger partial charge in [-0.05, 0) is 13.3 Å². The van der Waals surface area contributed by atoms with E-state index in [-0.39, 0.29) is 5.92 Å². The first-order valence-corrected chi connectivity index (χ1v) is 5.39. The number of ether oxygens (including phenoxy) is 1. The number of nitrogens with zero attached hydrogens (tertiary/aromatic N) is 2. The zero-order valence-corrected chi connectivity index (χ0v) is 9.90. The van der Waals surface area contributed by atoms with E-state index in [1.807, 2.05) is 11.6 Å². The van der Waals surface area contributed by atoms with Crippen molar-refractivity contribution in [2.24, 2.45) is 0 Å². The maximum absolute atomic E-state index is 9.61. The second-order valence-corrected chi connectivity index (χ2v) is 3.85. The van der Waals surface area contributed by atoms with E-state index < -0.39 is 6.10 Å². The van der Waals surface area contributed by atoms with Crippen molar-refractivity contribution >= 4 is 0 Å². The van der Waals surface area contributed by atoms with Crippen molar-refractivity contribution in [3.8, 4) is 5.75 Å². The SMILES string of the molecule is CCCn1ncc(OC)c1C(C)C(C)O. The molecule has 1 aromatic rings. The highest BCUT2D eigenvalue weighted by Crippen LogP contribution is 2.28. The minimum Gasteiger partial charge on any atom is -0.493 e. The highest BCUT2D eigenvalue weighted by molar-refractivity contribution is 5.29. The van der Waals surface area contributed by atoms with Crippen molar-refractivity contribution in [3.63, 3.8) is 0 Å². The first-order valence-electron chi connectivity index (χ1n) is 5.39. The number of aryl methyl sites for hydroxylation is 1. The van der Waals surface area contributed by atoms with E-state index in [2.05, 4.69) is 12.0 Å². The van der Waals surface area contributed by atoms with Crippen LogP contribution in [0.2, 0.25) is 0 Å². The summed E-state index contributed by atoms with van der Waals surface area (Å²) in [6.45, 7) is 6.73. The molecule has 1 heterocycles. The third-order valence-electron chi connectivity index (χ3n) is 2.66. The van der Waals surface area contributed by atoms with Gasteiger partial charge in [0.05, 0.1) is 25.1 Å². The van der Waals surface area contributed by atoms with Gasteiger partial charge < -0.3 is 9.84 Å². The van der Waals surface area contributed by atoms with Crippen LogP contribution >= 0.6 is 0 Å². The summed E-state index contributed by atoms with van der Waals surface area (Å²) < 4.78 is 7.16. The summed E-state index contributed by atoms with van der Waals surface area (Å²) in [6.07, 6.45) is 2.33. The minimum absolute atomic E-state index is 0.0361. The van der Waals surface area contributed by atoms with Crippen LogP contribution in [0.1, 0.15) is 38.8 Å². The van der Waals surface area contributed by atoms with E-state index in [1.165, 1.54) is 0 Å². The fourth-order valence-electron chi connectivity index (χ4n) is 1.61. The van der Waals surface area contributed by atoms with E-state index in [0.717, 1.165) is 24.4 Å². The lowest BCUT2D eigenvalue weighted by Crippen LogP contribution is -2.17. The third kappa shape index (κ3) is 2.50. The lowest BCUT2D eigenvalue weighted by Gasteiger charge is -2.17. The van der Waals surface area contributed by atoms with Gasteiger partial charge in [0.2, 0.25) is 0 Å². The Hall–Kier alpha value is -1.03. The molecular weight excluding hydrogens is 192 g/mol. The number of rotatable bonds is 5. The minimum atomic E-state index is -0.397. The summed E-state index contributed by atoms with van der Waals surface area (Å²) in [7, 11) is 1.63. The van der Waals surface area contributed by atoms with Crippen LogP contribution < -0.4 is 4.74 Å². The van der Waals surface area contributed by atoms with E-state index in [0.29, 0.717) is 0 Å². The van der Waals surface area contributed by atoms with Crippen molar-refractivity contribution in [3.05, 3.63) is 11.9 Å². The average Bonchev–Trinajstić information content (AvgIpc) is 2.60. The van der Waals surface area contributed by atoms with Crippen LogP contribution in [-0.2, 0) is 6.54 Å². The Morgan fingerprint density at radius 3 is 2.67 bits per heavy atom. The second kappa shape index (κ2) is 5.16. The molecule has 2 unspecified atom stereocenters. The van der Waals surface area contributed by atoms with E-state index in [1.54, 1.807) is 20.2 Å². The molecule has 0 saturated heterocycles. The molecule has 1 aromatic heterocycles. The summed E-state index contributed by atoms with van der Waals surface area (Å²) in [6, 6.07) is 0. The molecule has 4 heteroatoms. The lowest BCUT2D eigenvalue weighted by molar-refractivity contribution is 0.163. The molecule has 4 nitrogen and oxygen atoms in total. The van der Waals surface area contributed by atoms with Crippen LogP contribution in [0.15, 0.2) is 6.20 Å². The highest BCUT2D eigenvalue weighted by atomic mass is 16.5. The Labute approximate surface area is 90.9 Å². The van der Waals surface area contributed by atoms with E-state index >= 15 is 0 Å². The molecular formula is C11H20N2O2. The van der Waals surface area contributed by atoms with Gasteiger partial charge in [-0.1, -0.05) is 13.8 Å². The van der Waals surface area contributed by atoms with Gasteiger partial charge in [0, 0.05) is 12.5 Å². The molecule has 0 bridgehead atoms. The summed E-state index contributed by atoms with van der Waals surface area (Å²) >= 11 is 0. The quantitative estimate of drug-likeness (QED) is 0.809. The number of hydrogen-bond acceptors (Lipinski definition) is 3. The number of hydrogen-bond donors (Lipinski definition) is 1. The van der Waals surface area contributed by atoms with Crippen molar-refractivity contribution in [1.82, 2.24) is 9.78 Å². The van der Waals surface area contributed by atoms with Gasteiger partial charge in [-0.25, -0.2) is 0 Å². The van der Waals surface area contributed by atoms with Crippen LogP contribution in [0.3, 0.4) is 0 Å². The molecule has 2 atom stereocenters. The molecule has 0 aliphatic rings. The Kier molecular flexibility index (Phi) is 4.15. The number of methoxy groups -OCH3 is 1. The van der Waals surface area contributed by atoms with Gasteiger partial charge in [0.25, 0.3) is 0 Å². The standard InChI is InChI=1S/C11H20N2O2/c1-5-6-13-11(8(2)9(3)14)10(15-4)7-12-13/h7-9,14H,5-6H2,1-4H3. The molecule has 86 valence electrons. The normalized spacial score (nSPS) is 15.0. The molecule has 1 N–H and O–H groups in total. The fourth-order valence-corrected chi connectivity index (χ4v) is 1.61. The molecule has 1 rings (SSSR count). The van der Waals surface area contributed by atoms with Crippen LogP contribution in [0.5, 0.6) is 5.75 Å². The smallest absolute Gasteiger partial charge is 0.160 e.